The van der Waals surface area contributed by atoms with Gasteiger partial charge >= 0.3 is 11.6 Å². The lowest BCUT2D eigenvalue weighted by atomic mass is 9.99. The van der Waals surface area contributed by atoms with E-state index in [1.807, 2.05) is 19.9 Å². The van der Waals surface area contributed by atoms with E-state index in [9.17, 15) is 14.4 Å². The summed E-state index contributed by atoms with van der Waals surface area (Å²) in [5, 5.41) is 10.5. The molecule has 0 unspecified atom stereocenters. The number of amides is 1. The predicted molar refractivity (Wildman–Crippen MR) is 95.4 cm³/mol. The van der Waals surface area contributed by atoms with E-state index in [-0.39, 0.29) is 12.0 Å². The molecule has 0 fully saturated rings. The molecule has 26 heavy (non-hydrogen) atoms. The minimum absolute atomic E-state index is 0.213. The molecule has 0 aliphatic rings. The number of carbonyl (C=O) groups excluding carboxylic acids is 1. The van der Waals surface area contributed by atoms with Crippen molar-refractivity contribution in [1.29, 1.82) is 0 Å². The average molecular weight is 357 g/mol. The zero-order valence-corrected chi connectivity index (χ0v) is 15.0. The van der Waals surface area contributed by atoms with Gasteiger partial charge in [-0.2, -0.15) is 0 Å². The minimum Gasteiger partial charge on any atom is -0.480 e. The molecule has 7 heteroatoms. The Morgan fingerprint density at radius 2 is 1.81 bits per heavy atom. The number of furan rings is 1. The number of carboxylic acids is 1. The maximum absolute atomic E-state index is 12.4. The van der Waals surface area contributed by atoms with Crippen LogP contribution in [0.15, 0.2) is 26.0 Å². The van der Waals surface area contributed by atoms with Gasteiger partial charge in [-0.15, -0.1) is 0 Å². The molecule has 0 saturated heterocycles. The van der Waals surface area contributed by atoms with Gasteiger partial charge in [-0.3, -0.25) is 9.59 Å². The third-order valence-electron chi connectivity index (χ3n) is 4.66. The second kappa shape index (κ2) is 6.33. The van der Waals surface area contributed by atoms with Crippen molar-refractivity contribution in [3.05, 3.63) is 45.0 Å². The van der Waals surface area contributed by atoms with Gasteiger partial charge < -0.3 is 18.8 Å². The molecule has 7 nitrogen and oxygen atoms in total. The monoisotopic (exact) mass is 357 g/mol. The SMILES string of the molecule is Cc1coc2c(C)c3oc(=O)c(CC(=O)N(C)CC(=O)O)c(C)c3cc12. The number of nitrogens with zero attached hydrogens (tertiary/aromatic N) is 1. The standard InChI is InChI=1S/C19H19NO6/c1-9-8-25-17-11(3)18-13(5-12(9)17)10(2)14(19(24)26-18)6-15(21)20(4)7-16(22)23/h5,8H,6-7H2,1-4H3,(H,22,23). The normalized spacial score (nSPS) is 11.2. The molecule has 2 heterocycles. The number of likely N-dealkylation sites (N-methyl/N-ethyl adjacent to an activating group) is 1. The lowest BCUT2D eigenvalue weighted by Crippen LogP contribution is -2.34. The molecular weight excluding hydrogens is 338 g/mol. The van der Waals surface area contributed by atoms with Gasteiger partial charge in [0, 0.05) is 23.4 Å². The number of rotatable bonds is 4. The highest BCUT2D eigenvalue weighted by Gasteiger charge is 2.21. The first kappa shape index (κ1) is 17.7. The van der Waals surface area contributed by atoms with E-state index in [1.54, 1.807) is 13.2 Å². The fourth-order valence-corrected chi connectivity index (χ4v) is 3.10. The summed E-state index contributed by atoms with van der Waals surface area (Å²) < 4.78 is 11.0. The van der Waals surface area contributed by atoms with Crippen LogP contribution in [0, 0.1) is 20.8 Å². The minimum atomic E-state index is -1.11. The van der Waals surface area contributed by atoms with Crippen LogP contribution in [0.25, 0.3) is 21.9 Å². The van der Waals surface area contributed by atoms with E-state index in [1.165, 1.54) is 7.05 Å². The van der Waals surface area contributed by atoms with Crippen molar-refractivity contribution in [1.82, 2.24) is 4.90 Å². The van der Waals surface area contributed by atoms with E-state index in [2.05, 4.69) is 0 Å². The number of hydrogen-bond donors (Lipinski definition) is 1. The molecule has 136 valence electrons. The predicted octanol–water partition coefficient (Wildman–Crippen LogP) is 2.55. The van der Waals surface area contributed by atoms with Crippen LogP contribution in [0.1, 0.15) is 22.3 Å². The van der Waals surface area contributed by atoms with Gasteiger partial charge in [0.1, 0.15) is 17.7 Å². The molecule has 3 aromatic rings. The first-order chi connectivity index (χ1) is 12.2. The van der Waals surface area contributed by atoms with Crippen LogP contribution < -0.4 is 5.63 Å². The molecule has 0 aliphatic heterocycles. The number of aliphatic carboxylic acids is 1. The van der Waals surface area contributed by atoms with Crippen molar-refractivity contribution in [3.8, 4) is 0 Å². The summed E-state index contributed by atoms with van der Waals surface area (Å²) in [5.41, 5.74) is 3.09. The molecular formula is C19H19NO6. The smallest absolute Gasteiger partial charge is 0.340 e. The summed E-state index contributed by atoms with van der Waals surface area (Å²) in [6, 6.07) is 1.89. The van der Waals surface area contributed by atoms with Crippen molar-refractivity contribution in [2.45, 2.75) is 27.2 Å². The molecule has 0 radical (unpaired) electrons. The van der Waals surface area contributed by atoms with E-state index >= 15 is 0 Å². The Kier molecular flexibility index (Phi) is 4.31. The summed E-state index contributed by atoms with van der Waals surface area (Å²) in [6.45, 7) is 5.09. The first-order valence-corrected chi connectivity index (χ1v) is 8.10. The van der Waals surface area contributed by atoms with Gasteiger partial charge in [0.2, 0.25) is 5.91 Å². The Morgan fingerprint density at radius 1 is 1.12 bits per heavy atom. The Balaban J connectivity index is 2.14. The van der Waals surface area contributed by atoms with Crippen LogP contribution in [0.2, 0.25) is 0 Å². The number of carbonyl (C=O) groups is 2. The van der Waals surface area contributed by atoms with E-state index < -0.39 is 24.0 Å². The average Bonchev–Trinajstić information content (AvgIpc) is 2.93. The topological polar surface area (TPSA) is 101 Å². The molecule has 0 aliphatic carbocycles. The van der Waals surface area contributed by atoms with E-state index in [4.69, 9.17) is 13.9 Å². The second-order valence-electron chi connectivity index (χ2n) is 6.49. The van der Waals surface area contributed by atoms with Crippen LogP contribution in [-0.4, -0.2) is 35.5 Å². The van der Waals surface area contributed by atoms with Gasteiger partial charge in [-0.05, 0) is 38.0 Å². The quantitative estimate of drug-likeness (QED) is 0.720. The molecule has 1 amide bonds. The van der Waals surface area contributed by atoms with Crippen LogP contribution in [0.5, 0.6) is 0 Å². The Bertz CT molecular complexity index is 1100. The highest BCUT2D eigenvalue weighted by Crippen LogP contribution is 2.32. The largest absolute Gasteiger partial charge is 0.480 e. The van der Waals surface area contributed by atoms with Crippen molar-refractivity contribution >= 4 is 33.8 Å². The summed E-state index contributed by atoms with van der Waals surface area (Å²) in [6.07, 6.45) is 1.44. The fraction of sp³-hybridized carbons (Fsp3) is 0.316. The lowest BCUT2D eigenvalue weighted by Gasteiger charge is -2.15. The van der Waals surface area contributed by atoms with Crippen molar-refractivity contribution < 1.29 is 23.5 Å². The lowest BCUT2D eigenvalue weighted by molar-refractivity contribution is -0.143. The maximum Gasteiger partial charge on any atom is 0.340 e. The Labute approximate surface area is 148 Å². The highest BCUT2D eigenvalue weighted by atomic mass is 16.4. The van der Waals surface area contributed by atoms with Crippen LogP contribution in [0.4, 0.5) is 0 Å². The molecule has 3 rings (SSSR count). The van der Waals surface area contributed by atoms with Crippen LogP contribution in [0.3, 0.4) is 0 Å². The first-order valence-electron chi connectivity index (χ1n) is 8.10. The highest BCUT2D eigenvalue weighted by molar-refractivity contribution is 6.00. The van der Waals surface area contributed by atoms with Crippen molar-refractivity contribution in [3.63, 3.8) is 0 Å². The molecule has 2 aromatic heterocycles. The fourth-order valence-electron chi connectivity index (χ4n) is 3.10. The van der Waals surface area contributed by atoms with Crippen molar-refractivity contribution in [2.75, 3.05) is 13.6 Å². The maximum atomic E-state index is 12.4. The van der Waals surface area contributed by atoms with Crippen LogP contribution in [-0.2, 0) is 16.0 Å². The van der Waals surface area contributed by atoms with Crippen molar-refractivity contribution in [2.24, 2.45) is 0 Å². The number of carboxylic acid groups (broad SMARTS) is 1. The number of benzene rings is 1. The third-order valence-corrected chi connectivity index (χ3v) is 4.66. The Hall–Kier alpha value is -3.09. The van der Waals surface area contributed by atoms with Crippen LogP contribution >= 0.6 is 0 Å². The van der Waals surface area contributed by atoms with Gasteiger partial charge in [0.05, 0.1) is 18.2 Å². The van der Waals surface area contributed by atoms with Gasteiger partial charge in [-0.25, -0.2) is 4.79 Å². The zero-order valence-electron chi connectivity index (χ0n) is 15.0. The molecule has 0 saturated carbocycles. The number of hydrogen-bond acceptors (Lipinski definition) is 5. The zero-order chi connectivity index (χ0) is 19.2. The number of aryl methyl sites for hydroxylation is 3. The van der Waals surface area contributed by atoms with Gasteiger partial charge in [0.15, 0.2) is 0 Å². The second-order valence-corrected chi connectivity index (χ2v) is 6.49. The number of fused-ring (bicyclic) bond motifs is 2. The molecule has 0 atom stereocenters. The molecule has 0 bridgehead atoms. The van der Waals surface area contributed by atoms with E-state index in [0.29, 0.717) is 16.7 Å². The summed E-state index contributed by atoms with van der Waals surface area (Å²) >= 11 is 0. The Morgan fingerprint density at radius 3 is 2.46 bits per heavy atom. The summed E-state index contributed by atoms with van der Waals surface area (Å²) in [7, 11) is 1.39. The summed E-state index contributed by atoms with van der Waals surface area (Å²) in [4.78, 5) is 36.5. The van der Waals surface area contributed by atoms with Gasteiger partial charge in [0.25, 0.3) is 0 Å². The molecule has 1 N–H and O–H groups in total. The molecule has 1 aromatic carbocycles. The summed E-state index contributed by atoms with van der Waals surface area (Å²) in [5.74, 6) is -1.57. The third kappa shape index (κ3) is 2.85. The van der Waals surface area contributed by atoms with Gasteiger partial charge in [-0.1, -0.05) is 0 Å². The van der Waals surface area contributed by atoms with E-state index in [0.717, 1.165) is 26.8 Å². The molecule has 0 spiro atoms.